The zero-order valence-corrected chi connectivity index (χ0v) is 24.2. The summed E-state index contributed by atoms with van der Waals surface area (Å²) in [5.74, 6) is -0.357. The molecule has 1 aromatic heterocycles. The molecule has 11 heteroatoms. The van der Waals surface area contributed by atoms with Crippen LogP contribution in [0.2, 0.25) is 5.02 Å². The van der Waals surface area contributed by atoms with Crippen molar-refractivity contribution in [3.63, 3.8) is 0 Å². The molecule has 4 aromatic rings. The molecule has 1 saturated carbocycles. The maximum atomic E-state index is 12.8. The number of hydrogen-bond acceptors (Lipinski definition) is 6. The Morgan fingerprint density at radius 2 is 1.80 bits per heavy atom. The molecule has 2 amide bonds. The fourth-order valence-electron chi connectivity index (χ4n) is 5.11. The van der Waals surface area contributed by atoms with Crippen molar-refractivity contribution in [2.45, 2.75) is 43.1 Å². The van der Waals surface area contributed by atoms with Crippen LogP contribution in [0.4, 0.5) is 10.5 Å². The van der Waals surface area contributed by atoms with Gasteiger partial charge in [-0.25, -0.2) is 17.9 Å². The lowest BCUT2D eigenvalue weighted by Crippen LogP contribution is -2.30. The molecule has 0 aliphatic heterocycles. The number of benzene rings is 3. The van der Waals surface area contributed by atoms with Crippen molar-refractivity contribution >= 4 is 50.2 Å². The number of aryl methyl sites for hydroxylation is 1. The van der Waals surface area contributed by atoms with Gasteiger partial charge in [-0.15, -0.1) is 0 Å². The molecule has 0 saturated heterocycles. The highest BCUT2D eigenvalue weighted by Gasteiger charge is 2.21. The Labute approximate surface area is 243 Å². The van der Waals surface area contributed by atoms with Gasteiger partial charge in [0.2, 0.25) is 0 Å². The summed E-state index contributed by atoms with van der Waals surface area (Å²) in [6.07, 6.45) is 5.94. The molecule has 1 aliphatic rings. The van der Waals surface area contributed by atoms with Gasteiger partial charge in [-0.2, -0.15) is 0 Å². The number of methoxy groups -OCH3 is 1. The van der Waals surface area contributed by atoms with Gasteiger partial charge in [0.05, 0.1) is 12.0 Å². The van der Waals surface area contributed by atoms with E-state index in [1.54, 1.807) is 18.2 Å². The van der Waals surface area contributed by atoms with E-state index in [0.29, 0.717) is 17.9 Å². The number of amides is 2. The number of nitrogens with one attached hydrogen (secondary N) is 2. The Kier molecular flexibility index (Phi) is 8.23. The molecule has 0 radical (unpaired) electrons. The van der Waals surface area contributed by atoms with Crippen LogP contribution < -0.4 is 14.8 Å². The topological polar surface area (TPSA) is 116 Å². The number of halogens is 1. The van der Waals surface area contributed by atoms with E-state index in [1.165, 1.54) is 31.4 Å². The highest BCUT2D eigenvalue weighted by atomic mass is 35.5. The average Bonchev–Trinajstić information content (AvgIpc) is 3.55. The number of carbonyl (C=O) groups excluding carboxylic acids is 2. The number of ether oxygens (including phenoxy) is 2. The minimum Gasteiger partial charge on any atom is -0.496 e. The second-order valence-corrected chi connectivity index (χ2v) is 12.1. The molecule has 41 heavy (non-hydrogen) atoms. The number of carbonyl (C=O) groups is 2. The van der Waals surface area contributed by atoms with Crippen LogP contribution in [0.15, 0.2) is 71.8 Å². The molecule has 214 valence electrons. The Morgan fingerprint density at radius 3 is 2.54 bits per heavy atom. The quantitative estimate of drug-likeness (QED) is 0.256. The van der Waals surface area contributed by atoms with Crippen molar-refractivity contribution in [2.24, 2.45) is 7.05 Å². The monoisotopic (exact) mass is 595 g/mol. The second-order valence-electron chi connectivity index (χ2n) is 10.0. The first kappa shape index (κ1) is 28.5. The fourth-order valence-corrected chi connectivity index (χ4v) is 6.38. The van der Waals surface area contributed by atoms with E-state index >= 15 is 0 Å². The van der Waals surface area contributed by atoms with Crippen LogP contribution in [0.1, 0.15) is 47.2 Å². The van der Waals surface area contributed by atoms with E-state index in [-0.39, 0.29) is 21.6 Å². The summed E-state index contributed by atoms with van der Waals surface area (Å²) in [7, 11) is -0.683. The van der Waals surface area contributed by atoms with E-state index in [4.69, 9.17) is 21.1 Å². The van der Waals surface area contributed by atoms with Gasteiger partial charge in [0.15, 0.2) is 0 Å². The Balaban J connectivity index is 1.35. The smallest absolute Gasteiger partial charge is 0.411 e. The summed E-state index contributed by atoms with van der Waals surface area (Å²) in [4.78, 5) is 25.1. The average molecular weight is 596 g/mol. The van der Waals surface area contributed by atoms with Gasteiger partial charge in [0.1, 0.15) is 11.9 Å². The van der Waals surface area contributed by atoms with Crippen molar-refractivity contribution in [1.29, 1.82) is 0 Å². The van der Waals surface area contributed by atoms with E-state index in [2.05, 4.69) is 10.0 Å². The summed E-state index contributed by atoms with van der Waals surface area (Å²) in [5.41, 5.74) is 3.52. The first-order valence-electron chi connectivity index (χ1n) is 13.2. The first-order valence-corrected chi connectivity index (χ1v) is 15.0. The summed E-state index contributed by atoms with van der Waals surface area (Å²) < 4.78 is 40.5. The van der Waals surface area contributed by atoms with Gasteiger partial charge in [-0.1, -0.05) is 23.7 Å². The minimum atomic E-state index is -4.12. The molecule has 0 spiro atoms. The van der Waals surface area contributed by atoms with Crippen LogP contribution in [0.3, 0.4) is 0 Å². The van der Waals surface area contributed by atoms with E-state index in [1.807, 2.05) is 36.0 Å². The lowest BCUT2D eigenvalue weighted by Gasteiger charge is -2.13. The van der Waals surface area contributed by atoms with Gasteiger partial charge in [-0.05, 0) is 85.3 Å². The number of aromatic nitrogens is 1. The van der Waals surface area contributed by atoms with Crippen LogP contribution in [-0.4, -0.2) is 38.2 Å². The lowest BCUT2D eigenvalue weighted by atomic mass is 10.0. The summed E-state index contributed by atoms with van der Waals surface area (Å²) >= 11 is 5.91. The predicted octanol–water partition coefficient (Wildman–Crippen LogP) is 6.04. The van der Waals surface area contributed by atoms with E-state index in [0.717, 1.165) is 47.7 Å². The molecule has 9 nitrogen and oxygen atoms in total. The molecular formula is C30H30ClN3O6S. The third kappa shape index (κ3) is 6.49. The summed E-state index contributed by atoms with van der Waals surface area (Å²) in [5, 5.41) is 4.03. The lowest BCUT2D eigenvalue weighted by molar-refractivity contribution is 0.0980. The molecular weight excluding hydrogens is 566 g/mol. The maximum Gasteiger partial charge on any atom is 0.411 e. The minimum absolute atomic E-state index is 0.0273. The molecule has 5 rings (SSSR count). The van der Waals surface area contributed by atoms with Crippen molar-refractivity contribution < 1.29 is 27.5 Å². The molecule has 0 atom stereocenters. The molecule has 1 heterocycles. The van der Waals surface area contributed by atoms with E-state index in [9.17, 15) is 18.0 Å². The van der Waals surface area contributed by atoms with Gasteiger partial charge < -0.3 is 14.0 Å². The summed E-state index contributed by atoms with van der Waals surface area (Å²) in [6, 6.07) is 16.2. The van der Waals surface area contributed by atoms with Crippen molar-refractivity contribution in [3.05, 3.63) is 88.6 Å². The second kappa shape index (κ2) is 11.8. The first-order chi connectivity index (χ1) is 19.6. The Bertz CT molecular complexity index is 1730. The number of hydrogen-bond donors (Lipinski definition) is 2. The molecule has 1 fully saturated rings. The van der Waals surface area contributed by atoms with Gasteiger partial charge in [-0.3, -0.25) is 10.1 Å². The van der Waals surface area contributed by atoms with Crippen LogP contribution in [0.5, 0.6) is 5.75 Å². The van der Waals surface area contributed by atoms with Gasteiger partial charge in [0, 0.05) is 46.8 Å². The highest BCUT2D eigenvalue weighted by Crippen LogP contribution is 2.30. The predicted molar refractivity (Wildman–Crippen MR) is 157 cm³/mol. The Morgan fingerprint density at radius 1 is 1.02 bits per heavy atom. The number of fused-ring (bicyclic) bond motifs is 1. The molecule has 3 aromatic carbocycles. The summed E-state index contributed by atoms with van der Waals surface area (Å²) in [6.45, 7) is 0. The van der Waals surface area contributed by atoms with Crippen LogP contribution in [0.25, 0.3) is 10.9 Å². The number of sulfonamides is 1. The van der Waals surface area contributed by atoms with Crippen molar-refractivity contribution in [1.82, 2.24) is 9.29 Å². The van der Waals surface area contributed by atoms with Gasteiger partial charge in [0.25, 0.3) is 15.9 Å². The molecule has 0 bridgehead atoms. The third-order valence-electron chi connectivity index (χ3n) is 7.16. The molecule has 0 unspecified atom stereocenters. The van der Waals surface area contributed by atoms with Crippen LogP contribution >= 0.6 is 11.6 Å². The Hall–Kier alpha value is -4.02. The largest absolute Gasteiger partial charge is 0.496 e. The fraction of sp³-hybridized carbons (Fsp3) is 0.267. The number of anilines is 1. The van der Waals surface area contributed by atoms with Crippen molar-refractivity contribution in [2.75, 3.05) is 12.4 Å². The van der Waals surface area contributed by atoms with Crippen LogP contribution in [0, 0.1) is 0 Å². The standard InChI is InChI=1S/C30H30ClN3O6S/c1-34-18-21(26-17-23(12-13-27(26)34)32-30(36)40-24-7-3-4-8-24)14-19-10-11-20(15-28(19)39-2)29(35)33-41(37,38)25-9-5-6-22(31)16-25/h5-6,9-13,15-18,24H,3-4,7-8,14H2,1-2H3,(H,32,36)(H,33,35). The SMILES string of the molecule is COc1cc(C(=O)NS(=O)(=O)c2cccc(Cl)c2)ccc1Cc1cn(C)c2ccc(NC(=O)OC3CCCC3)cc12. The number of rotatable bonds is 8. The zero-order chi connectivity index (χ0) is 29.1. The molecule has 2 N–H and O–H groups in total. The number of nitrogens with zero attached hydrogens (tertiary/aromatic N) is 1. The van der Waals surface area contributed by atoms with E-state index < -0.39 is 22.0 Å². The normalized spacial score (nSPS) is 13.7. The van der Waals surface area contributed by atoms with Crippen LogP contribution in [-0.2, 0) is 28.2 Å². The highest BCUT2D eigenvalue weighted by molar-refractivity contribution is 7.90. The van der Waals surface area contributed by atoms with Crippen molar-refractivity contribution in [3.8, 4) is 5.75 Å². The van der Waals surface area contributed by atoms with Gasteiger partial charge >= 0.3 is 6.09 Å². The molecule has 1 aliphatic carbocycles. The third-order valence-corrected chi connectivity index (χ3v) is 8.72. The maximum absolute atomic E-state index is 12.8. The zero-order valence-electron chi connectivity index (χ0n) is 22.6.